The molecular formula is C16H20N2O3. The first-order chi connectivity index (χ1) is 10.0. The number of nitrogens with one attached hydrogen (secondary N) is 1. The summed E-state index contributed by atoms with van der Waals surface area (Å²) in [5.74, 6) is 0.221. The SMILES string of the molecule is CCC(=O)c1ncc(C2CC3(COC3)C2)cc1NC(C)=O. The minimum Gasteiger partial charge on any atom is -0.380 e. The van der Waals surface area contributed by atoms with Gasteiger partial charge in [0.15, 0.2) is 5.78 Å². The minimum absolute atomic E-state index is 0.0530. The van der Waals surface area contributed by atoms with E-state index in [1.807, 2.05) is 6.07 Å². The monoisotopic (exact) mass is 288 g/mol. The van der Waals surface area contributed by atoms with Crippen LogP contribution in [-0.2, 0) is 9.53 Å². The molecule has 21 heavy (non-hydrogen) atoms. The number of carbonyl (C=O) groups is 2. The standard InChI is InChI=1S/C16H20N2O3/c1-3-14(20)15-13(18-10(2)19)4-11(7-17-15)12-5-16(6-12)8-21-9-16/h4,7,12H,3,5-6,8-9H2,1-2H3,(H,18,19). The summed E-state index contributed by atoms with van der Waals surface area (Å²) in [6.07, 6.45) is 4.37. The van der Waals surface area contributed by atoms with E-state index in [4.69, 9.17) is 4.74 Å². The summed E-state index contributed by atoms with van der Waals surface area (Å²) >= 11 is 0. The second-order valence-electron chi connectivity index (χ2n) is 6.22. The average molecular weight is 288 g/mol. The molecule has 0 aromatic carbocycles. The minimum atomic E-state index is -0.184. The van der Waals surface area contributed by atoms with Gasteiger partial charge in [0.05, 0.1) is 18.9 Å². The third-order valence-electron chi connectivity index (χ3n) is 4.45. The van der Waals surface area contributed by atoms with Gasteiger partial charge < -0.3 is 10.1 Å². The van der Waals surface area contributed by atoms with Gasteiger partial charge in [-0.3, -0.25) is 14.6 Å². The number of hydrogen-bond donors (Lipinski definition) is 1. The van der Waals surface area contributed by atoms with Crippen LogP contribution in [0.4, 0.5) is 5.69 Å². The number of ether oxygens (including phenoxy) is 1. The van der Waals surface area contributed by atoms with E-state index in [2.05, 4.69) is 10.3 Å². The lowest BCUT2D eigenvalue weighted by Crippen LogP contribution is -2.51. The van der Waals surface area contributed by atoms with Gasteiger partial charge in [-0.25, -0.2) is 0 Å². The van der Waals surface area contributed by atoms with Crippen molar-refractivity contribution in [3.63, 3.8) is 0 Å². The third-order valence-corrected chi connectivity index (χ3v) is 4.45. The van der Waals surface area contributed by atoms with Gasteiger partial charge in [0.25, 0.3) is 0 Å². The van der Waals surface area contributed by atoms with Gasteiger partial charge in [0.2, 0.25) is 5.91 Å². The largest absolute Gasteiger partial charge is 0.380 e. The van der Waals surface area contributed by atoms with Crippen LogP contribution in [0.15, 0.2) is 12.3 Å². The lowest BCUT2D eigenvalue weighted by Gasteiger charge is -2.53. The van der Waals surface area contributed by atoms with Gasteiger partial charge >= 0.3 is 0 Å². The van der Waals surface area contributed by atoms with Crippen LogP contribution >= 0.6 is 0 Å². The smallest absolute Gasteiger partial charge is 0.221 e. The number of Topliss-reactive ketones (excluding diaryl/α,β-unsaturated/α-hetero) is 1. The molecule has 1 aromatic heterocycles. The number of nitrogens with zero attached hydrogens (tertiary/aromatic N) is 1. The summed E-state index contributed by atoms with van der Waals surface area (Å²) in [6, 6.07) is 1.91. The first kappa shape index (κ1) is 14.2. The molecule has 2 fully saturated rings. The van der Waals surface area contributed by atoms with E-state index in [-0.39, 0.29) is 11.7 Å². The van der Waals surface area contributed by atoms with Gasteiger partial charge in [-0.1, -0.05) is 6.92 Å². The number of amides is 1. The number of anilines is 1. The first-order valence-corrected chi connectivity index (χ1v) is 7.41. The Labute approximate surface area is 124 Å². The van der Waals surface area contributed by atoms with E-state index in [1.165, 1.54) is 6.92 Å². The second-order valence-corrected chi connectivity index (χ2v) is 6.22. The van der Waals surface area contributed by atoms with Crippen molar-refractivity contribution >= 4 is 17.4 Å². The van der Waals surface area contributed by atoms with E-state index < -0.39 is 0 Å². The van der Waals surface area contributed by atoms with Crippen LogP contribution in [0.25, 0.3) is 0 Å². The van der Waals surface area contributed by atoms with Crippen LogP contribution in [-0.4, -0.2) is 29.9 Å². The van der Waals surface area contributed by atoms with E-state index in [1.54, 1.807) is 13.1 Å². The summed E-state index contributed by atoms with van der Waals surface area (Å²) in [7, 11) is 0. The maximum atomic E-state index is 11.9. The fraction of sp³-hybridized carbons (Fsp3) is 0.562. The molecule has 5 nitrogen and oxygen atoms in total. The Balaban J connectivity index is 1.82. The highest BCUT2D eigenvalue weighted by Gasteiger charge is 2.50. The van der Waals surface area contributed by atoms with Crippen molar-refractivity contribution in [2.24, 2.45) is 5.41 Å². The molecule has 0 bridgehead atoms. The molecule has 5 heteroatoms. The van der Waals surface area contributed by atoms with Gasteiger partial charge in [-0.2, -0.15) is 0 Å². The van der Waals surface area contributed by atoms with E-state index in [0.717, 1.165) is 31.6 Å². The molecule has 0 atom stereocenters. The van der Waals surface area contributed by atoms with Crippen molar-refractivity contribution < 1.29 is 14.3 Å². The van der Waals surface area contributed by atoms with Crippen molar-refractivity contribution in [3.05, 3.63) is 23.5 Å². The summed E-state index contributed by atoms with van der Waals surface area (Å²) in [6.45, 7) is 4.96. The lowest BCUT2D eigenvalue weighted by molar-refractivity contribution is -0.164. The summed E-state index contributed by atoms with van der Waals surface area (Å²) in [5.41, 5.74) is 2.38. The summed E-state index contributed by atoms with van der Waals surface area (Å²) in [5, 5.41) is 2.73. The third kappa shape index (κ3) is 2.58. The molecule has 1 spiro atoms. The quantitative estimate of drug-likeness (QED) is 0.864. The number of pyridine rings is 1. The highest BCUT2D eigenvalue weighted by molar-refractivity contribution is 6.02. The molecule has 2 aliphatic rings. The molecule has 1 aromatic rings. The molecule has 2 heterocycles. The molecule has 1 saturated heterocycles. The molecule has 0 unspecified atom stereocenters. The molecule has 1 N–H and O–H groups in total. The Hall–Kier alpha value is -1.75. The van der Waals surface area contributed by atoms with Crippen LogP contribution in [0.2, 0.25) is 0 Å². The maximum absolute atomic E-state index is 11.9. The first-order valence-electron chi connectivity index (χ1n) is 7.41. The average Bonchev–Trinajstić information content (AvgIpc) is 2.34. The Morgan fingerprint density at radius 3 is 2.67 bits per heavy atom. The number of carbonyl (C=O) groups excluding carboxylic acids is 2. The van der Waals surface area contributed by atoms with E-state index in [9.17, 15) is 9.59 Å². The van der Waals surface area contributed by atoms with Gasteiger partial charge in [0, 0.05) is 25.0 Å². The van der Waals surface area contributed by atoms with Crippen LogP contribution in [0.5, 0.6) is 0 Å². The van der Waals surface area contributed by atoms with Crippen LogP contribution in [0, 0.1) is 5.41 Å². The molecule has 1 saturated carbocycles. The van der Waals surface area contributed by atoms with Crippen molar-refractivity contribution in [2.45, 2.75) is 39.0 Å². The second kappa shape index (κ2) is 5.22. The highest BCUT2D eigenvalue weighted by Crippen LogP contribution is 2.55. The zero-order valence-corrected chi connectivity index (χ0v) is 12.4. The highest BCUT2D eigenvalue weighted by atomic mass is 16.5. The van der Waals surface area contributed by atoms with Gasteiger partial charge in [-0.15, -0.1) is 0 Å². The lowest BCUT2D eigenvalue weighted by atomic mass is 9.59. The predicted octanol–water partition coefficient (Wildman–Crippen LogP) is 2.53. The Morgan fingerprint density at radius 2 is 2.14 bits per heavy atom. The van der Waals surface area contributed by atoms with Crippen LogP contribution in [0.3, 0.4) is 0 Å². The maximum Gasteiger partial charge on any atom is 0.221 e. The summed E-state index contributed by atoms with van der Waals surface area (Å²) < 4.78 is 5.29. The number of hydrogen-bond acceptors (Lipinski definition) is 4. The number of aromatic nitrogens is 1. The predicted molar refractivity (Wildman–Crippen MR) is 78.4 cm³/mol. The van der Waals surface area contributed by atoms with Crippen LogP contribution < -0.4 is 5.32 Å². The van der Waals surface area contributed by atoms with E-state index >= 15 is 0 Å². The van der Waals surface area contributed by atoms with Crippen molar-refractivity contribution in [2.75, 3.05) is 18.5 Å². The van der Waals surface area contributed by atoms with Gasteiger partial charge in [-0.05, 0) is 30.4 Å². The molecular weight excluding hydrogens is 268 g/mol. The number of rotatable bonds is 4. The molecule has 1 amide bonds. The zero-order valence-electron chi connectivity index (χ0n) is 12.4. The fourth-order valence-electron chi connectivity index (χ4n) is 3.23. The summed E-state index contributed by atoms with van der Waals surface area (Å²) in [4.78, 5) is 27.5. The molecule has 0 radical (unpaired) electrons. The Morgan fingerprint density at radius 1 is 1.43 bits per heavy atom. The van der Waals surface area contributed by atoms with Crippen LogP contribution in [0.1, 0.15) is 55.1 Å². The fourth-order valence-corrected chi connectivity index (χ4v) is 3.23. The molecule has 1 aliphatic heterocycles. The zero-order chi connectivity index (χ0) is 15.0. The normalized spacial score (nSPS) is 19.7. The molecule has 3 rings (SSSR count). The van der Waals surface area contributed by atoms with Crippen molar-refractivity contribution in [3.8, 4) is 0 Å². The molecule has 112 valence electrons. The Bertz CT molecular complexity index is 585. The molecule has 1 aliphatic carbocycles. The van der Waals surface area contributed by atoms with Gasteiger partial charge in [0.1, 0.15) is 5.69 Å². The van der Waals surface area contributed by atoms with Crippen molar-refractivity contribution in [1.82, 2.24) is 4.98 Å². The van der Waals surface area contributed by atoms with E-state index in [0.29, 0.717) is 29.1 Å². The number of ketones is 1. The topological polar surface area (TPSA) is 68.3 Å². The Kier molecular flexibility index (Phi) is 3.53. The van der Waals surface area contributed by atoms with Crippen molar-refractivity contribution in [1.29, 1.82) is 0 Å².